The third-order valence-electron chi connectivity index (χ3n) is 5.64. The summed E-state index contributed by atoms with van der Waals surface area (Å²) in [6, 6.07) is 12.1. The Morgan fingerprint density at radius 3 is 2.61 bits per heavy atom. The molecule has 0 bridgehead atoms. The first-order valence-electron chi connectivity index (χ1n) is 9.36. The number of nitrogens with one attached hydrogen (secondary N) is 1. The summed E-state index contributed by atoms with van der Waals surface area (Å²) >= 11 is 0. The first-order valence-corrected chi connectivity index (χ1v) is 9.36. The second-order valence-electron chi connectivity index (χ2n) is 7.50. The highest BCUT2D eigenvalue weighted by Gasteiger charge is 2.39. The van der Waals surface area contributed by atoms with Gasteiger partial charge in [-0.15, -0.1) is 0 Å². The molecule has 0 radical (unpaired) electrons. The SMILES string of the molecule is C/C(=C\c1ccccc1)[C@@H]1C[C@H]1NC1CCC(CCCO)CC1. The zero-order chi connectivity index (χ0) is 16.1. The van der Waals surface area contributed by atoms with Crippen LogP contribution in [-0.2, 0) is 0 Å². The van der Waals surface area contributed by atoms with Crippen molar-refractivity contribution in [3.8, 4) is 0 Å². The van der Waals surface area contributed by atoms with Crippen LogP contribution in [0, 0.1) is 11.8 Å². The molecule has 0 aliphatic heterocycles. The van der Waals surface area contributed by atoms with Gasteiger partial charge in [-0.3, -0.25) is 0 Å². The molecule has 1 aromatic rings. The van der Waals surface area contributed by atoms with E-state index in [0.29, 0.717) is 12.6 Å². The molecule has 0 heterocycles. The maximum absolute atomic E-state index is 8.95. The molecular weight excluding hydrogens is 282 g/mol. The van der Waals surface area contributed by atoms with Crippen molar-refractivity contribution in [1.82, 2.24) is 5.32 Å². The smallest absolute Gasteiger partial charge is 0.0431 e. The summed E-state index contributed by atoms with van der Waals surface area (Å²) < 4.78 is 0. The van der Waals surface area contributed by atoms with Crippen molar-refractivity contribution >= 4 is 6.08 Å². The van der Waals surface area contributed by atoms with E-state index in [-0.39, 0.29) is 0 Å². The molecule has 2 aliphatic rings. The average molecular weight is 313 g/mol. The van der Waals surface area contributed by atoms with Crippen LogP contribution in [0.3, 0.4) is 0 Å². The minimum absolute atomic E-state index is 0.356. The molecule has 2 saturated carbocycles. The van der Waals surface area contributed by atoms with Crippen molar-refractivity contribution in [1.29, 1.82) is 0 Å². The molecule has 3 rings (SSSR count). The van der Waals surface area contributed by atoms with Crippen LogP contribution in [0.25, 0.3) is 6.08 Å². The molecule has 2 atom stereocenters. The first-order chi connectivity index (χ1) is 11.3. The molecule has 0 spiro atoms. The Hall–Kier alpha value is -1.12. The van der Waals surface area contributed by atoms with Gasteiger partial charge in [0.15, 0.2) is 0 Å². The fourth-order valence-electron chi connectivity index (χ4n) is 4.10. The van der Waals surface area contributed by atoms with E-state index in [4.69, 9.17) is 5.11 Å². The van der Waals surface area contributed by atoms with Crippen molar-refractivity contribution in [2.45, 2.75) is 64.0 Å². The maximum Gasteiger partial charge on any atom is 0.0431 e. The van der Waals surface area contributed by atoms with Crippen molar-refractivity contribution in [2.24, 2.45) is 11.8 Å². The molecular formula is C21H31NO. The Labute approximate surface area is 141 Å². The van der Waals surface area contributed by atoms with E-state index in [1.165, 1.54) is 49.7 Å². The molecule has 2 aliphatic carbocycles. The first kappa shape index (κ1) is 16.7. The molecule has 23 heavy (non-hydrogen) atoms. The Morgan fingerprint density at radius 1 is 1.17 bits per heavy atom. The van der Waals surface area contributed by atoms with Crippen LogP contribution in [0.5, 0.6) is 0 Å². The summed E-state index contributed by atoms with van der Waals surface area (Å²) in [7, 11) is 0. The fourth-order valence-corrected chi connectivity index (χ4v) is 4.10. The van der Waals surface area contributed by atoms with Crippen LogP contribution in [0.1, 0.15) is 57.4 Å². The lowest BCUT2D eigenvalue weighted by atomic mass is 9.83. The number of aliphatic hydroxyl groups excluding tert-OH is 1. The van der Waals surface area contributed by atoms with Crippen LogP contribution in [0.4, 0.5) is 0 Å². The van der Waals surface area contributed by atoms with E-state index in [1.807, 2.05) is 0 Å². The summed E-state index contributed by atoms with van der Waals surface area (Å²) in [5.41, 5.74) is 2.84. The third-order valence-corrected chi connectivity index (χ3v) is 5.64. The Balaban J connectivity index is 1.41. The molecule has 0 aromatic heterocycles. The number of hydrogen-bond donors (Lipinski definition) is 2. The van der Waals surface area contributed by atoms with Gasteiger partial charge in [0, 0.05) is 18.7 Å². The normalized spacial score (nSPS) is 31.1. The van der Waals surface area contributed by atoms with Crippen LogP contribution < -0.4 is 5.32 Å². The molecule has 2 heteroatoms. The van der Waals surface area contributed by atoms with Crippen molar-refractivity contribution < 1.29 is 5.11 Å². The maximum atomic E-state index is 8.95. The summed E-state index contributed by atoms with van der Waals surface area (Å²) in [6.45, 7) is 2.64. The second-order valence-corrected chi connectivity index (χ2v) is 7.50. The van der Waals surface area contributed by atoms with Gasteiger partial charge < -0.3 is 10.4 Å². The number of aliphatic hydroxyl groups is 1. The van der Waals surface area contributed by atoms with E-state index in [9.17, 15) is 0 Å². The highest BCUT2D eigenvalue weighted by atomic mass is 16.2. The van der Waals surface area contributed by atoms with E-state index >= 15 is 0 Å². The Kier molecular flexibility index (Phi) is 5.91. The van der Waals surface area contributed by atoms with Crippen LogP contribution in [-0.4, -0.2) is 23.8 Å². The summed E-state index contributed by atoms with van der Waals surface area (Å²) in [5.74, 6) is 1.59. The minimum Gasteiger partial charge on any atom is -0.396 e. The molecule has 1 aromatic carbocycles. The van der Waals surface area contributed by atoms with Crippen molar-refractivity contribution in [2.75, 3.05) is 6.61 Å². The Bertz CT molecular complexity index is 502. The van der Waals surface area contributed by atoms with Crippen LogP contribution >= 0.6 is 0 Å². The number of rotatable bonds is 7. The van der Waals surface area contributed by atoms with E-state index in [1.54, 1.807) is 0 Å². The van der Waals surface area contributed by atoms with Gasteiger partial charge in [-0.1, -0.05) is 42.0 Å². The van der Waals surface area contributed by atoms with Gasteiger partial charge in [0.25, 0.3) is 0 Å². The van der Waals surface area contributed by atoms with Gasteiger partial charge >= 0.3 is 0 Å². The highest BCUT2D eigenvalue weighted by molar-refractivity contribution is 5.53. The molecule has 2 nitrogen and oxygen atoms in total. The van der Waals surface area contributed by atoms with Crippen molar-refractivity contribution in [3.05, 3.63) is 41.5 Å². The fraction of sp³-hybridized carbons (Fsp3) is 0.619. The topological polar surface area (TPSA) is 32.3 Å². The van der Waals surface area contributed by atoms with E-state index in [0.717, 1.165) is 24.3 Å². The molecule has 2 fully saturated rings. The highest BCUT2D eigenvalue weighted by Crippen LogP contribution is 2.39. The largest absolute Gasteiger partial charge is 0.396 e. The lowest BCUT2D eigenvalue weighted by Gasteiger charge is -2.29. The van der Waals surface area contributed by atoms with Gasteiger partial charge in [0.1, 0.15) is 0 Å². The number of hydrogen-bond acceptors (Lipinski definition) is 2. The average Bonchev–Trinajstić information content (AvgIpc) is 3.34. The van der Waals surface area contributed by atoms with Crippen LogP contribution in [0.15, 0.2) is 35.9 Å². The summed E-state index contributed by atoms with van der Waals surface area (Å²) in [5, 5.41) is 12.8. The van der Waals surface area contributed by atoms with E-state index in [2.05, 4.69) is 48.6 Å². The molecule has 0 amide bonds. The predicted octanol–water partition coefficient (Wildman–Crippen LogP) is 4.40. The zero-order valence-corrected chi connectivity index (χ0v) is 14.4. The lowest BCUT2D eigenvalue weighted by molar-refractivity contribution is 0.236. The van der Waals surface area contributed by atoms with Gasteiger partial charge in [0.05, 0.1) is 0 Å². The number of benzene rings is 1. The molecule has 2 N–H and O–H groups in total. The zero-order valence-electron chi connectivity index (χ0n) is 14.4. The summed E-state index contributed by atoms with van der Waals surface area (Å²) in [6.07, 6.45) is 11.2. The van der Waals surface area contributed by atoms with Gasteiger partial charge in [-0.2, -0.15) is 0 Å². The second kappa shape index (κ2) is 8.12. The third kappa shape index (κ3) is 4.92. The standard InChI is InChI=1S/C21H31NO/c1-16(14-18-6-3-2-4-7-18)20-15-21(20)22-19-11-9-17(10-12-19)8-5-13-23/h2-4,6-7,14,17,19-23H,5,8-13,15H2,1H3/b16-14+/t17?,19?,20-,21+/m0/s1. The quantitative estimate of drug-likeness (QED) is 0.782. The minimum atomic E-state index is 0.356. The lowest BCUT2D eigenvalue weighted by Crippen LogP contribution is -2.35. The Morgan fingerprint density at radius 2 is 1.91 bits per heavy atom. The van der Waals surface area contributed by atoms with Crippen LogP contribution in [0.2, 0.25) is 0 Å². The molecule has 0 unspecified atom stereocenters. The van der Waals surface area contributed by atoms with Crippen molar-refractivity contribution in [3.63, 3.8) is 0 Å². The predicted molar refractivity (Wildman–Crippen MR) is 97.2 cm³/mol. The van der Waals surface area contributed by atoms with Gasteiger partial charge in [-0.25, -0.2) is 0 Å². The summed E-state index contributed by atoms with van der Waals surface area (Å²) in [4.78, 5) is 0. The molecule has 126 valence electrons. The van der Waals surface area contributed by atoms with E-state index < -0.39 is 0 Å². The van der Waals surface area contributed by atoms with Gasteiger partial charge in [0.2, 0.25) is 0 Å². The monoisotopic (exact) mass is 313 g/mol. The molecule has 0 saturated heterocycles. The van der Waals surface area contributed by atoms with Gasteiger partial charge in [-0.05, 0) is 69.3 Å².